The van der Waals surface area contributed by atoms with Crippen molar-refractivity contribution in [2.75, 3.05) is 6.61 Å². The maximum Gasteiger partial charge on any atom is 0.217 e. The Morgan fingerprint density at radius 3 is 2.24 bits per heavy atom. The highest BCUT2D eigenvalue weighted by atomic mass is 16.3. The van der Waals surface area contributed by atoms with Crippen molar-refractivity contribution in [1.82, 2.24) is 5.32 Å². The van der Waals surface area contributed by atoms with E-state index in [-0.39, 0.29) is 18.6 Å². The van der Waals surface area contributed by atoms with E-state index in [0.717, 1.165) is 12.0 Å². The third-order valence-corrected chi connectivity index (χ3v) is 3.08. The molecule has 2 atom stereocenters. The number of carbonyl (C=O) groups excluding carboxylic acids is 1. The first kappa shape index (κ1) is 13.7. The Labute approximate surface area is 103 Å². The molecule has 1 rings (SSSR count). The third kappa shape index (κ3) is 3.86. The lowest BCUT2D eigenvalue weighted by Gasteiger charge is -2.17. The van der Waals surface area contributed by atoms with E-state index < -0.39 is 0 Å². The lowest BCUT2D eigenvalue weighted by molar-refractivity contribution is -0.120. The normalized spacial score (nSPS) is 14.1. The molecule has 0 aliphatic carbocycles. The molecule has 0 saturated carbocycles. The highest BCUT2D eigenvalue weighted by Crippen LogP contribution is 2.21. The standard InChI is InChI=1S/C14H21NO2/c1-4-10(2)12-5-7-13(8-6-12)14(9-16)15-11(3)17/h5-8,10,14,16H,4,9H2,1-3H3,(H,15,17). The minimum absolute atomic E-state index is 0.0811. The van der Waals surface area contributed by atoms with Crippen LogP contribution in [0, 0.1) is 0 Å². The Balaban J connectivity index is 2.81. The smallest absolute Gasteiger partial charge is 0.217 e. The van der Waals surface area contributed by atoms with Gasteiger partial charge in [0.2, 0.25) is 5.91 Å². The zero-order valence-corrected chi connectivity index (χ0v) is 10.7. The van der Waals surface area contributed by atoms with Gasteiger partial charge in [-0.05, 0) is 23.5 Å². The van der Waals surface area contributed by atoms with Gasteiger partial charge in [0.05, 0.1) is 12.6 Å². The maximum absolute atomic E-state index is 11.0. The molecule has 0 bridgehead atoms. The van der Waals surface area contributed by atoms with E-state index >= 15 is 0 Å². The molecule has 0 spiro atoms. The van der Waals surface area contributed by atoms with Gasteiger partial charge >= 0.3 is 0 Å². The molecule has 3 nitrogen and oxygen atoms in total. The van der Waals surface area contributed by atoms with Crippen LogP contribution in [0.4, 0.5) is 0 Å². The molecule has 0 aliphatic heterocycles. The Bertz CT molecular complexity index is 359. The van der Waals surface area contributed by atoms with Crippen LogP contribution in [0.25, 0.3) is 0 Å². The maximum atomic E-state index is 11.0. The van der Waals surface area contributed by atoms with E-state index in [2.05, 4.69) is 31.3 Å². The first-order valence-electron chi connectivity index (χ1n) is 6.06. The van der Waals surface area contributed by atoms with Gasteiger partial charge < -0.3 is 10.4 Å². The Hall–Kier alpha value is -1.35. The number of amides is 1. The van der Waals surface area contributed by atoms with E-state index in [1.54, 1.807) is 0 Å². The summed E-state index contributed by atoms with van der Waals surface area (Å²) in [6, 6.07) is 7.76. The SMILES string of the molecule is CCC(C)c1ccc(C(CO)NC(C)=O)cc1. The molecule has 1 aromatic rings. The number of aliphatic hydroxyl groups is 1. The van der Waals surface area contributed by atoms with E-state index in [4.69, 9.17) is 0 Å². The van der Waals surface area contributed by atoms with Crippen LogP contribution in [0.2, 0.25) is 0 Å². The van der Waals surface area contributed by atoms with E-state index in [1.165, 1.54) is 12.5 Å². The van der Waals surface area contributed by atoms with E-state index in [1.807, 2.05) is 12.1 Å². The Kier molecular flexibility index (Phi) is 5.16. The molecule has 0 heterocycles. The van der Waals surface area contributed by atoms with Crippen LogP contribution in [0.1, 0.15) is 50.3 Å². The molecular weight excluding hydrogens is 214 g/mol. The molecule has 1 amide bonds. The third-order valence-electron chi connectivity index (χ3n) is 3.08. The molecule has 94 valence electrons. The minimum Gasteiger partial charge on any atom is -0.394 e. The first-order chi connectivity index (χ1) is 8.08. The van der Waals surface area contributed by atoms with Crippen LogP contribution in [0.5, 0.6) is 0 Å². The molecule has 17 heavy (non-hydrogen) atoms. The van der Waals surface area contributed by atoms with Gasteiger partial charge in [-0.15, -0.1) is 0 Å². The van der Waals surface area contributed by atoms with E-state index in [9.17, 15) is 9.90 Å². The molecule has 0 fully saturated rings. The fourth-order valence-electron chi connectivity index (χ4n) is 1.77. The number of rotatable bonds is 5. The van der Waals surface area contributed by atoms with Gasteiger partial charge in [-0.25, -0.2) is 0 Å². The second-order valence-electron chi connectivity index (χ2n) is 4.41. The second-order valence-corrected chi connectivity index (χ2v) is 4.41. The average Bonchev–Trinajstić information content (AvgIpc) is 2.35. The fourth-order valence-corrected chi connectivity index (χ4v) is 1.77. The number of nitrogens with one attached hydrogen (secondary N) is 1. The topological polar surface area (TPSA) is 49.3 Å². The second kappa shape index (κ2) is 6.40. The number of benzene rings is 1. The van der Waals surface area contributed by atoms with Crippen molar-refractivity contribution in [3.63, 3.8) is 0 Å². The van der Waals surface area contributed by atoms with Crippen molar-refractivity contribution in [2.24, 2.45) is 0 Å². The molecule has 0 aliphatic rings. The molecule has 1 aromatic carbocycles. The number of hydrogen-bond donors (Lipinski definition) is 2. The van der Waals surface area contributed by atoms with Gasteiger partial charge in [0, 0.05) is 6.92 Å². The lowest BCUT2D eigenvalue weighted by atomic mass is 9.96. The van der Waals surface area contributed by atoms with Gasteiger partial charge in [-0.3, -0.25) is 4.79 Å². The molecule has 0 radical (unpaired) electrons. The molecule has 0 saturated heterocycles. The Morgan fingerprint density at radius 1 is 1.29 bits per heavy atom. The molecule has 2 N–H and O–H groups in total. The van der Waals surface area contributed by atoms with E-state index in [0.29, 0.717) is 5.92 Å². The molecule has 0 aromatic heterocycles. The molecular formula is C14H21NO2. The summed E-state index contributed by atoms with van der Waals surface area (Å²) in [7, 11) is 0. The minimum atomic E-state index is -0.307. The van der Waals surface area contributed by atoms with Crippen molar-refractivity contribution in [1.29, 1.82) is 0 Å². The number of aliphatic hydroxyl groups excluding tert-OH is 1. The summed E-state index contributed by atoms with van der Waals surface area (Å²) in [6.45, 7) is 5.72. The predicted molar refractivity (Wildman–Crippen MR) is 68.8 cm³/mol. The molecule has 3 heteroatoms. The highest BCUT2D eigenvalue weighted by molar-refractivity contribution is 5.73. The fraction of sp³-hybridized carbons (Fsp3) is 0.500. The first-order valence-corrected chi connectivity index (χ1v) is 6.06. The van der Waals surface area contributed by atoms with Gasteiger partial charge in [0.25, 0.3) is 0 Å². The van der Waals surface area contributed by atoms with Crippen LogP contribution < -0.4 is 5.32 Å². The van der Waals surface area contributed by atoms with Crippen molar-refractivity contribution in [3.05, 3.63) is 35.4 Å². The predicted octanol–water partition coefficient (Wildman–Crippen LogP) is 2.37. The van der Waals surface area contributed by atoms with Gasteiger partial charge in [-0.2, -0.15) is 0 Å². The number of carbonyl (C=O) groups is 1. The van der Waals surface area contributed by atoms with Crippen molar-refractivity contribution < 1.29 is 9.90 Å². The van der Waals surface area contributed by atoms with Crippen LogP contribution in [0.3, 0.4) is 0 Å². The van der Waals surface area contributed by atoms with Crippen molar-refractivity contribution >= 4 is 5.91 Å². The Morgan fingerprint density at radius 2 is 1.82 bits per heavy atom. The van der Waals surface area contributed by atoms with Crippen LogP contribution in [0.15, 0.2) is 24.3 Å². The summed E-state index contributed by atoms with van der Waals surface area (Å²) in [5.41, 5.74) is 2.23. The largest absolute Gasteiger partial charge is 0.394 e. The summed E-state index contributed by atoms with van der Waals surface area (Å²) < 4.78 is 0. The lowest BCUT2D eigenvalue weighted by Crippen LogP contribution is -2.28. The zero-order valence-electron chi connectivity index (χ0n) is 10.7. The van der Waals surface area contributed by atoms with Gasteiger partial charge in [0.1, 0.15) is 0 Å². The quantitative estimate of drug-likeness (QED) is 0.823. The summed E-state index contributed by atoms with van der Waals surface area (Å²) >= 11 is 0. The zero-order chi connectivity index (χ0) is 12.8. The summed E-state index contributed by atoms with van der Waals surface area (Å²) in [6.07, 6.45) is 1.11. The van der Waals surface area contributed by atoms with Crippen LogP contribution in [-0.4, -0.2) is 17.6 Å². The van der Waals surface area contributed by atoms with Crippen molar-refractivity contribution in [2.45, 2.75) is 39.2 Å². The summed E-state index contributed by atoms with van der Waals surface area (Å²) in [4.78, 5) is 11.0. The van der Waals surface area contributed by atoms with Crippen LogP contribution in [-0.2, 0) is 4.79 Å². The summed E-state index contributed by atoms with van der Waals surface area (Å²) in [5.74, 6) is 0.410. The average molecular weight is 235 g/mol. The van der Waals surface area contributed by atoms with Gasteiger partial charge in [0.15, 0.2) is 0 Å². The molecule has 2 unspecified atom stereocenters. The van der Waals surface area contributed by atoms with Crippen LogP contribution >= 0.6 is 0 Å². The summed E-state index contributed by atoms with van der Waals surface area (Å²) in [5, 5.41) is 12.0. The monoisotopic (exact) mass is 235 g/mol. The number of hydrogen-bond acceptors (Lipinski definition) is 2. The van der Waals surface area contributed by atoms with Gasteiger partial charge in [-0.1, -0.05) is 38.1 Å². The highest BCUT2D eigenvalue weighted by Gasteiger charge is 2.11. The van der Waals surface area contributed by atoms with Crippen molar-refractivity contribution in [3.8, 4) is 0 Å².